The van der Waals surface area contributed by atoms with Crippen LogP contribution in [0.4, 0.5) is 0 Å². The second-order valence-corrected chi connectivity index (χ2v) is 5.12. The molecule has 0 saturated heterocycles. The molecule has 1 rings (SSSR count). The van der Waals surface area contributed by atoms with Gasteiger partial charge in [-0.25, -0.2) is 0 Å². The monoisotopic (exact) mass is 250 g/mol. The topological polar surface area (TPSA) is 38.5 Å². The highest BCUT2D eigenvalue weighted by atomic mass is 16.5. The Balaban J connectivity index is 2.73. The number of aryl methyl sites for hydroxylation is 1. The van der Waals surface area contributed by atoms with Crippen molar-refractivity contribution < 1.29 is 4.74 Å². The summed E-state index contributed by atoms with van der Waals surface area (Å²) in [7, 11) is 2.11. The number of nitrogens with two attached hydrogens (primary N) is 1. The molecule has 0 aromatic heterocycles. The van der Waals surface area contributed by atoms with Crippen LogP contribution in [0.5, 0.6) is 0 Å². The van der Waals surface area contributed by atoms with E-state index in [1.807, 2.05) is 6.92 Å². The molecule has 0 bridgehead atoms. The van der Waals surface area contributed by atoms with Crippen LogP contribution in [0, 0.1) is 6.92 Å². The minimum Gasteiger partial charge on any atom is -0.380 e. The average Bonchev–Trinajstić information content (AvgIpc) is 2.38. The zero-order chi connectivity index (χ0) is 13.6. The third kappa shape index (κ3) is 3.80. The molecule has 0 fully saturated rings. The molecule has 3 heteroatoms. The lowest BCUT2D eigenvalue weighted by atomic mass is 10.00. The smallest absolute Gasteiger partial charge is 0.0659 e. The van der Waals surface area contributed by atoms with Crippen LogP contribution in [-0.2, 0) is 11.3 Å². The summed E-state index contributed by atoms with van der Waals surface area (Å²) in [6, 6.07) is 8.47. The van der Waals surface area contributed by atoms with Gasteiger partial charge >= 0.3 is 0 Å². The fourth-order valence-electron chi connectivity index (χ4n) is 1.88. The van der Waals surface area contributed by atoms with Gasteiger partial charge in [0.2, 0.25) is 0 Å². The summed E-state index contributed by atoms with van der Waals surface area (Å²) in [5, 5.41) is 0. The van der Waals surface area contributed by atoms with Crippen molar-refractivity contribution in [2.24, 2.45) is 5.73 Å². The number of nitrogens with zero attached hydrogens (tertiary/aromatic N) is 1. The van der Waals surface area contributed by atoms with Crippen LogP contribution in [0.3, 0.4) is 0 Å². The summed E-state index contributed by atoms with van der Waals surface area (Å²) >= 11 is 0. The largest absolute Gasteiger partial charge is 0.380 e. The second-order valence-electron chi connectivity index (χ2n) is 5.12. The summed E-state index contributed by atoms with van der Waals surface area (Å²) in [6.07, 6.45) is 0. The molecule has 1 aromatic carbocycles. The quantitative estimate of drug-likeness (QED) is 0.806. The molecule has 1 aromatic rings. The summed E-state index contributed by atoms with van der Waals surface area (Å²) < 4.78 is 5.56. The number of hydrogen-bond acceptors (Lipinski definition) is 3. The molecule has 2 N–H and O–H groups in total. The second kappa shape index (κ2) is 6.88. The zero-order valence-corrected chi connectivity index (χ0v) is 12.1. The molecule has 0 heterocycles. The Bertz CT molecular complexity index is 367. The SMILES string of the molecule is CCOCC(C)(CN)N(C)Cc1ccccc1C. The van der Waals surface area contributed by atoms with Gasteiger partial charge in [-0.1, -0.05) is 24.3 Å². The molecular weight excluding hydrogens is 224 g/mol. The van der Waals surface area contributed by atoms with Gasteiger partial charge in [-0.3, -0.25) is 4.90 Å². The van der Waals surface area contributed by atoms with Crippen molar-refractivity contribution in [3.63, 3.8) is 0 Å². The van der Waals surface area contributed by atoms with E-state index in [9.17, 15) is 0 Å². The number of hydrogen-bond donors (Lipinski definition) is 1. The standard InChI is InChI=1S/C15H26N2O/c1-5-18-12-15(3,11-16)17(4)10-14-9-7-6-8-13(14)2/h6-9H,5,10-12,16H2,1-4H3. The number of benzene rings is 1. The summed E-state index contributed by atoms with van der Waals surface area (Å²) in [6.45, 7) is 9.20. The van der Waals surface area contributed by atoms with Crippen LogP contribution >= 0.6 is 0 Å². The molecule has 0 aliphatic carbocycles. The molecule has 0 amide bonds. The van der Waals surface area contributed by atoms with Gasteiger partial charge in [0.1, 0.15) is 0 Å². The first kappa shape index (κ1) is 15.2. The molecule has 0 saturated carbocycles. The van der Waals surface area contributed by atoms with E-state index in [0.29, 0.717) is 13.2 Å². The van der Waals surface area contributed by atoms with Gasteiger partial charge in [0.15, 0.2) is 0 Å². The molecule has 102 valence electrons. The van der Waals surface area contributed by atoms with E-state index in [1.54, 1.807) is 0 Å². The van der Waals surface area contributed by atoms with Crippen molar-refractivity contribution in [1.82, 2.24) is 4.90 Å². The predicted molar refractivity (Wildman–Crippen MR) is 76.6 cm³/mol. The van der Waals surface area contributed by atoms with E-state index in [2.05, 4.69) is 50.1 Å². The lowest BCUT2D eigenvalue weighted by Gasteiger charge is -2.38. The first-order chi connectivity index (χ1) is 8.53. The molecule has 18 heavy (non-hydrogen) atoms. The first-order valence-electron chi connectivity index (χ1n) is 6.57. The molecule has 1 atom stereocenters. The molecular formula is C15H26N2O. The maximum absolute atomic E-state index is 5.92. The Morgan fingerprint density at radius 3 is 2.56 bits per heavy atom. The van der Waals surface area contributed by atoms with Crippen LogP contribution in [0.1, 0.15) is 25.0 Å². The number of likely N-dealkylation sites (N-methyl/N-ethyl adjacent to an activating group) is 1. The Hall–Kier alpha value is -0.900. The minimum atomic E-state index is -0.113. The Morgan fingerprint density at radius 2 is 2.00 bits per heavy atom. The number of rotatable bonds is 7. The average molecular weight is 250 g/mol. The molecule has 3 nitrogen and oxygen atoms in total. The maximum atomic E-state index is 5.92. The Labute approximate surface area is 111 Å². The van der Waals surface area contributed by atoms with E-state index in [-0.39, 0.29) is 5.54 Å². The molecule has 0 aliphatic rings. The third-order valence-corrected chi connectivity index (χ3v) is 3.65. The predicted octanol–water partition coefficient (Wildman–Crippen LogP) is 2.18. The highest BCUT2D eigenvalue weighted by Gasteiger charge is 2.28. The van der Waals surface area contributed by atoms with Crippen LogP contribution in [-0.4, -0.2) is 37.2 Å². The van der Waals surface area contributed by atoms with Gasteiger partial charge in [0.25, 0.3) is 0 Å². The zero-order valence-electron chi connectivity index (χ0n) is 12.1. The fourth-order valence-corrected chi connectivity index (χ4v) is 1.88. The highest BCUT2D eigenvalue weighted by Crippen LogP contribution is 2.18. The van der Waals surface area contributed by atoms with Crippen LogP contribution in [0.15, 0.2) is 24.3 Å². The molecule has 1 unspecified atom stereocenters. The normalized spacial score (nSPS) is 14.8. The van der Waals surface area contributed by atoms with Crippen LogP contribution < -0.4 is 5.73 Å². The molecule has 0 aliphatic heterocycles. The number of ether oxygens (including phenoxy) is 1. The van der Waals surface area contributed by atoms with Gasteiger partial charge in [-0.2, -0.15) is 0 Å². The van der Waals surface area contributed by atoms with Crippen molar-refractivity contribution in [3.8, 4) is 0 Å². The van der Waals surface area contributed by atoms with E-state index < -0.39 is 0 Å². The van der Waals surface area contributed by atoms with Gasteiger partial charge in [-0.15, -0.1) is 0 Å². The van der Waals surface area contributed by atoms with Crippen molar-refractivity contribution in [3.05, 3.63) is 35.4 Å². The Morgan fingerprint density at radius 1 is 1.33 bits per heavy atom. The third-order valence-electron chi connectivity index (χ3n) is 3.65. The Kier molecular flexibility index (Phi) is 5.79. The van der Waals surface area contributed by atoms with E-state index >= 15 is 0 Å². The van der Waals surface area contributed by atoms with Gasteiger partial charge in [-0.05, 0) is 38.9 Å². The highest BCUT2D eigenvalue weighted by molar-refractivity contribution is 5.25. The van der Waals surface area contributed by atoms with Crippen molar-refractivity contribution in [2.45, 2.75) is 32.9 Å². The van der Waals surface area contributed by atoms with E-state index in [1.165, 1.54) is 11.1 Å². The van der Waals surface area contributed by atoms with Crippen molar-refractivity contribution in [1.29, 1.82) is 0 Å². The lowest BCUT2D eigenvalue weighted by Crippen LogP contribution is -2.52. The van der Waals surface area contributed by atoms with Gasteiger partial charge in [0, 0.05) is 19.7 Å². The van der Waals surface area contributed by atoms with E-state index in [4.69, 9.17) is 10.5 Å². The minimum absolute atomic E-state index is 0.113. The molecule has 0 radical (unpaired) electrons. The van der Waals surface area contributed by atoms with Crippen LogP contribution in [0.2, 0.25) is 0 Å². The first-order valence-corrected chi connectivity index (χ1v) is 6.57. The maximum Gasteiger partial charge on any atom is 0.0659 e. The lowest BCUT2D eigenvalue weighted by molar-refractivity contribution is 0.0201. The van der Waals surface area contributed by atoms with Crippen molar-refractivity contribution >= 4 is 0 Å². The summed E-state index contributed by atoms with van der Waals surface area (Å²) in [5.41, 5.74) is 8.47. The van der Waals surface area contributed by atoms with Crippen molar-refractivity contribution in [2.75, 3.05) is 26.8 Å². The molecule has 0 spiro atoms. The fraction of sp³-hybridized carbons (Fsp3) is 0.600. The van der Waals surface area contributed by atoms with Gasteiger partial charge in [0.05, 0.1) is 12.1 Å². The summed E-state index contributed by atoms with van der Waals surface area (Å²) in [5.74, 6) is 0. The summed E-state index contributed by atoms with van der Waals surface area (Å²) in [4.78, 5) is 2.28. The van der Waals surface area contributed by atoms with Crippen LogP contribution in [0.25, 0.3) is 0 Å². The van der Waals surface area contributed by atoms with Gasteiger partial charge < -0.3 is 10.5 Å². The van der Waals surface area contributed by atoms with E-state index in [0.717, 1.165) is 13.2 Å².